The summed E-state index contributed by atoms with van der Waals surface area (Å²) >= 11 is 0. The van der Waals surface area contributed by atoms with Crippen molar-refractivity contribution in [3.8, 4) is 0 Å². The molecule has 1 aliphatic rings. The van der Waals surface area contributed by atoms with E-state index >= 15 is 0 Å². The lowest BCUT2D eigenvalue weighted by molar-refractivity contribution is 0.0594. The normalized spacial score (nSPS) is 21.9. The molecule has 1 saturated carbocycles. The van der Waals surface area contributed by atoms with Crippen LogP contribution in [-0.2, 0) is 11.0 Å². The first-order valence-corrected chi connectivity index (χ1v) is 7.15. The molecule has 0 amide bonds. The Bertz CT molecular complexity index is 261. The summed E-state index contributed by atoms with van der Waals surface area (Å²) in [6.45, 7) is 9.51. The smallest absolute Gasteiger partial charge is 0.0972 e. The van der Waals surface area contributed by atoms with Gasteiger partial charge in [0, 0.05) is 6.04 Å². The Hall–Kier alpha value is 0.0700. The van der Waals surface area contributed by atoms with Gasteiger partial charge in [0.2, 0.25) is 0 Å². The van der Waals surface area contributed by atoms with Crippen LogP contribution in [0.2, 0.25) is 0 Å². The van der Waals surface area contributed by atoms with Crippen LogP contribution in [0.1, 0.15) is 53.9 Å². The van der Waals surface area contributed by atoms with Crippen LogP contribution in [0.15, 0.2) is 0 Å². The Balaban J connectivity index is 2.55. The number of nitrogens with one attached hydrogen (secondary N) is 1. The zero-order valence-electron chi connectivity index (χ0n) is 11.0. The van der Waals surface area contributed by atoms with Gasteiger partial charge >= 0.3 is 0 Å². The van der Waals surface area contributed by atoms with Gasteiger partial charge < -0.3 is 5.11 Å². The minimum absolute atomic E-state index is 0.181. The predicted octanol–water partition coefficient (Wildman–Crippen LogP) is 1.98. The highest BCUT2D eigenvalue weighted by atomic mass is 32.2. The zero-order chi connectivity index (χ0) is 12.6. The molecule has 1 rings (SSSR count). The zero-order valence-corrected chi connectivity index (χ0v) is 11.9. The molecule has 0 bridgehead atoms. The highest BCUT2D eigenvalue weighted by molar-refractivity contribution is 7.84. The van der Waals surface area contributed by atoms with Crippen molar-refractivity contribution in [2.24, 2.45) is 5.92 Å². The van der Waals surface area contributed by atoms with Crippen LogP contribution in [0.25, 0.3) is 0 Å². The van der Waals surface area contributed by atoms with Gasteiger partial charge in [0.05, 0.1) is 21.3 Å². The molecule has 2 atom stereocenters. The first-order chi connectivity index (χ1) is 7.09. The SMILES string of the molecule is CC(C)(O)CC(NS(=O)C(C)(C)C)C1CC1. The third-order valence-corrected chi connectivity index (χ3v) is 4.35. The highest BCUT2D eigenvalue weighted by Crippen LogP contribution is 2.36. The maximum atomic E-state index is 12.0. The van der Waals surface area contributed by atoms with Crippen molar-refractivity contribution in [1.29, 1.82) is 0 Å². The van der Waals surface area contributed by atoms with Gasteiger partial charge in [0.25, 0.3) is 0 Å². The third-order valence-electron chi connectivity index (χ3n) is 2.73. The number of hydrogen-bond donors (Lipinski definition) is 2. The van der Waals surface area contributed by atoms with E-state index in [2.05, 4.69) is 4.72 Å². The fourth-order valence-corrected chi connectivity index (χ4v) is 2.56. The molecule has 0 saturated heterocycles. The van der Waals surface area contributed by atoms with Crippen LogP contribution in [0.3, 0.4) is 0 Å². The molecule has 0 aromatic carbocycles. The molecule has 0 heterocycles. The van der Waals surface area contributed by atoms with E-state index in [1.807, 2.05) is 34.6 Å². The second-order valence-corrected chi connectivity index (χ2v) is 8.46. The molecule has 1 aliphatic carbocycles. The monoisotopic (exact) mass is 247 g/mol. The standard InChI is InChI=1S/C12H25NO2S/c1-11(2,3)16(15)13-10(9-6-7-9)8-12(4,5)14/h9-10,13-14H,6-8H2,1-5H3. The summed E-state index contributed by atoms with van der Waals surface area (Å²) in [6, 6.07) is 0.181. The number of rotatable bonds is 5. The summed E-state index contributed by atoms with van der Waals surface area (Å²) in [6.07, 6.45) is 3.05. The molecule has 0 aromatic rings. The van der Waals surface area contributed by atoms with Crippen molar-refractivity contribution in [2.75, 3.05) is 0 Å². The lowest BCUT2D eigenvalue weighted by atomic mass is 9.97. The molecule has 1 fully saturated rings. The maximum absolute atomic E-state index is 12.0. The van der Waals surface area contributed by atoms with Gasteiger partial charge in [-0.15, -0.1) is 0 Å². The molecule has 3 nitrogen and oxygen atoms in total. The average molecular weight is 247 g/mol. The second-order valence-electron chi connectivity index (χ2n) is 6.46. The lowest BCUT2D eigenvalue weighted by Gasteiger charge is -2.28. The molecule has 2 N–H and O–H groups in total. The van der Waals surface area contributed by atoms with Crippen molar-refractivity contribution in [2.45, 2.75) is 70.3 Å². The van der Waals surface area contributed by atoms with Crippen molar-refractivity contribution in [1.82, 2.24) is 4.72 Å². The van der Waals surface area contributed by atoms with E-state index in [0.29, 0.717) is 12.3 Å². The Labute approximate surface area is 102 Å². The van der Waals surface area contributed by atoms with Gasteiger partial charge in [0.1, 0.15) is 0 Å². The van der Waals surface area contributed by atoms with Gasteiger partial charge in [-0.3, -0.25) is 0 Å². The molecular formula is C12H25NO2S. The molecule has 2 unspecified atom stereocenters. The van der Waals surface area contributed by atoms with Gasteiger partial charge in [0.15, 0.2) is 0 Å². The van der Waals surface area contributed by atoms with Crippen LogP contribution in [0.5, 0.6) is 0 Å². The number of aliphatic hydroxyl groups is 1. The Morgan fingerprint density at radius 2 is 1.81 bits per heavy atom. The molecule has 4 heteroatoms. The maximum Gasteiger partial charge on any atom is 0.0972 e. The van der Waals surface area contributed by atoms with Gasteiger partial charge in [-0.25, -0.2) is 8.93 Å². The molecule has 96 valence electrons. The van der Waals surface area contributed by atoms with E-state index in [9.17, 15) is 9.32 Å². The first kappa shape index (κ1) is 14.1. The molecule has 0 aromatic heterocycles. The Morgan fingerprint density at radius 1 is 1.31 bits per heavy atom. The summed E-state index contributed by atoms with van der Waals surface area (Å²) in [5.74, 6) is 0.595. The Kier molecular flexibility index (Phi) is 4.19. The minimum atomic E-state index is -1.04. The first-order valence-electron chi connectivity index (χ1n) is 6.00. The molecule has 16 heavy (non-hydrogen) atoms. The van der Waals surface area contributed by atoms with E-state index < -0.39 is 16.6 Å². The highest BCUT2D eigenvalue weighted by Gasteiger charge is 2.36. The number of hydrogen-bond acceptors (Lipinski definition) is 2. The molecular weight excluding hydrogens is 222 g/mol. The third kappa shape index (κ3) is 4.93. The van der Waals surface area contributed by atoms with Gasteiger partial charge in [-0.2, -0.15) is 0 Å². The van der Waals surface area contributed by atoms with E-state index in [-0.39, 0.29) is 10.8 Å². The van der Waals surface area contributed by atoms with Crippen molar-refractivity contribution >= 4 is 11.0 Å². The lowest BCUT2D eigenvalue weighted by Crippen LogP contribution is -2.44. The summed E-state index contributed by atoms with van der Waals surface area (Å²) in [5, 5.41) is 9.84. The van der Waals surface area contributed by atoms with E-state index in [1.165, 1.54) is 12.8 Å². The second kappa shape index (κ2) is 4.75. The largest absolute Gasteiger partial charge is 0.390 e. The van der Waals surface area contributed by atoms with Crippen LogP contribution in [0, 0.1) is 5.92 Å². The van der Waals surface area contributed by atoms with Crippen molar-refractivity contribution in [3.05, 3.63) is 0 Å². The van der Waals surface area contributed by atoms with Crippen molar-refractivity contribution < 1.29 is 9.32 Å². The summed E-state index contributed by atoms with van der Waals surface area (Å²) in [4.78, 5) is 0. The average Bonchev–Trinajstić information content (AvgIpc) is 2.79. The van der Waals surface area contributed by atoms with Gasteiger partial charge in [-0.05, 0) is 59.8 Å². The molecule has 0 aliphatic heterocycles. The van der Waals surface area contributed by atoms with Crippen LogP contribution in [0.4, 0.5) is 0 Å². The Morgan fingerprint density at radius 3 is 2.12 bits per heavy atom. The van der Waals surface area contributed by atoms with Crippen LogP contribution < -0.4 is 4.72 Å². The minimum Gasteiger partial charge on any atom is -0.390 e. The van der Waals surface area contributed by atoms with E-state index in [0.717, 1.165) is 0 Å². The molecule has 0 radical (unpaired) electrons. The summed E-state index contributed by atoms with van der Waals surface area (Å²) in [7, 11) is -1.04. The fraction of sp³-hybridized carbons (Fsp3) is 1.00. The molecule has 0 spiro atoms. The van der Waals surface area contributed by atoms with Gasteiger partial charge in [-0.1, -0.05) is 0 Å². The predicted molar refractivity (Wildman–Crippen MR) is 68.5 cm³/mol. The van der Waals surface area contributed by atoms with Crippen molar-refractivity contribution in [3.63, 3.8) is 0 Å². The van der Waals surface area contributed by atoms with E-state index in [4.69, 9.17) is 0 Å². The van der Waals surface area contributed by atoms with Crippen LogP contribution in [-0.4, -0.2) is 25.7 Å². The summed E-state index contributed by atoms with van der Waals surface area (Å²) < 4.78 is 15.0. The fourth-order valence-electron chi connectivity index (χ4n) is 1.66. The summed E-state index contributed by atoms with van der Waals surface area (Å²) in [5.41, 5.74) is -0.692. The van der Waals surface area contributed by atoms with E-state index in [1.54, 1.807) is 0 Å². The van der Waals surface area contributed by atoms with Crippen LogP contribution >= 0.6 is 0 Å². The topological polar surface area (TPSA) is 49.3 Å². The quantitative estimate of drug-likeness (QED) is 0.780.